The fourth-order valence-electron chi connectivity index (χ4n) is 3.00. The van der Waals surface area contributed by atoms with Crippen LogP contribution in [-0.2, 0) is 9.59 Å². The summed E-state index contributed by atoms with van der Waals surface area (Å²) in [6.45, 7) is 1.33. The van der Waals surface area contributed by atoms with Gasteiger partial charge in [-0.3, -0.25) is 19.6 Å². The SMILES string of the molecule is COc1ccc(N(c2ccc(NC(=O)C(C)C(=O)O)cc2)c2ncc3cn[nH]c3n2)cc1. The van der Waals surface area contributed by atoms with Crippen LogP contribution in [0.4, 0.5) is 23.0 Å². The zero-order valence-electron chi connectivity index (χ0n) is 17.3. The number of anilines is 4. The minimum atomic E-state index is -1.18. The van der Waals surface area contributed by atoms with Gasteiger partial charge in [0.05, 0.1) is 18.7 Å². The van der Waals surface area contributed by atoms with E-state index in [-0.39, 0.29) is 0 Å². The van der Waals surface area contributed by atoms with Crippen LogP contribution in [0.3, 0.4) is 0 Å². The van der Waals surface area contributed by atoms with Crippen LogP contribution in [0.1, 0.15) is 6.92 Å². The van der Waals surface area contributed by atoms with Crippen molar-refractivity contribution in [3.63, 3.8) is 0 Å². The molecule has 162 valence electrons. The summed E-state index contributed by atoms with van der Waals surface area (Å²) in [6, 6.07) is 14.4. The molecule has 2 aromatic heterocycles. The van der Waals surface area contributed by atoms with Gasteiger partial charge in [0.15, 0.2) is 5.65 Å². The molecule has 32 heavy (non-hydrogen) atoms. The number of carboxylic acids is 1. The first-order valence-corrected chi connectivity index (χ1v) is 9.70. The van der Waals surface area contributed by atoms with Crippen LogP contribution in [0, 0.1) is 5.92 Å². The van der Waals surface area contributed by atoms with Gasteiger partial charge in [0.25, 0.3) is 0 Å². The number of nitrogens with one attached hydrogen (secondary N) is 2. The molecule has 0 spiro atoms. The standard InChI is InChI=1S/C22H20N6O4/c1-13(21(30)31)20(29)25-15-3-5-16(6-4-15)28(17-7-9-18(32-2)10-8-17)22-23-11-14-12-24-27-19(14)26-22/h3-13H,1-2H3,(H,25,29)(H,30,31)(H,23,24,26,27). The zero-order chi connectivity index (χ0) is 22.7. The normalized spacial score (nSPS) is 11.7. The molecule has 0 saturated heterocycles. The fraction of sp³-hybridized carbons (Fsp3) is 0.136. The van der Waals surface area contributed by atoms with Gasteiger partial charge in [-0.2, -0.15) is 10.1 Å². The van der Waals surface area contributed by atoms with Crippen molar-refractivity contribution in [3.05, 3.63) is 60.9 Å². The molecular formula is C22H20N6O4. The fourth-order valence-corrected chi connectivity index (χ4v) is 3.00. The summed E-state index contributed by atoms with van der Waals surface area (Å²) in [5, 5.41) is 19.2. The molecule has 1 unspecified atom stereocenters. The van der Waals surface area contributed by atoms with E-state index in [1.807, 2.05) is 29.2 Å². The average molecular weight is 432 g/mol. The molecule has 2 heterocycles. The van der Waals surface area contributed by atoms with E-state index in [1.54, 1.807) is 43.8 Å². The first-order chi connectivity index (χ1) is 15.5. The molecule has 1 amide bonds. The Kier molecular flexibility index (Phi) is 5.67. The van der Waals surface area contributed by atoms with Crippen LogP contribution in [0.5, 0.6) is 5.75 Å². The number of benzene rings is 2. The van der Waals surface area contributed by atoms with Crippen molar-refractivity contribution in [1.82, 2.24) is 20.2 Å². The van der Waals surface area contributed by atoms with Gasteiger partial charge in [0, 0.05) is 23.3 Å². The number of amides is 1. The molecule has 0 fully saturated rings. The molecule has 10 heteroatoms. The van der Waals surface area contributed by atoms with Crippen LogP contribution in [-0.4, -0.2) is 44.3 Å². The molecule has 0 aliphatic carbocycles. The summed E-state index contributed by atoms with van der Waals surface area (Å²) in [5.41, 5.74) is 2.60. The number of methoxy groups -OCH3 is 1. The topological polar surface area (TPSA) is 133 Å². The molecule has 0 aliphatic heterocycles. The van der Waals surface area contributed by atoms with Gasteiger partial charge >= 0.3 is 5.97 Å². The number of ether oxygens (including phenoxy) is 1. The maximum atomic E-state index is 12.0. The number of fused-ring (bicyclic) bond motifs is 1. The lowest BCUT2D eigenvalue weighted by Crippen LogP contribution is -2.26. The Labute approximate surface area is 182 Å². The predicted molar refractivity (Wildman–Crippen MR) is 118 cm³/mol. The van der Waals surface area contributed by atoms with E-state index < -0.39 is 17.8 Å². The van der Waals surface area contributed by atoms with Gasteiger partial charge in [0.1, 0.15) is 11.7 Å². The molecule has 10 nitrogen and oxygen atoms in total. The summed E-state index contributed by atoms with van der Waals surface area (Å²) in [7, 11) is 1.60. The smallest absolute Gasteiger partial charge is 0.315 e. The number of hydrogen-bond donors (Lipinski definition) is 3. The Morgan fingerprint density at radius 1 is 1.06 bits per heavy atom. The number of aromatic amines is 1. The summed E-state index contributed by atoms with van der Waals surface area (Å²) < 4.78 is 5.25. The Morgan fingerprint density at radius 3 is 2.34 bits per heavy atom. The Hall–Kier alpha value is -4.47. The van der Waals surface area contributed by atoms with Crippen LogP contribution >= 0.6 is 0 Å². The minimum Gasteiger partial charge on any atom is -0.497 e. The van der Waals surface area contributed by atoms with Crippen molar-refractivity contribution in [2.24, 2.45) is 5.92 Å². The van der Waals surface area contributed by atoms with Crippen LogP contribution < -0.4 is 15.0 Å². The molecule has 1 atom stereocenters. The second-order valence-electron chi connectivity index (χ2n) is 6.97. The highest BCUT2D eigenvalue weighted by atomic mass is 16.5. The number of nitrogens with zero attached hydrogens (tertiary/aromatic N) is 4. The lowest BCUT2D eigenvalue weighted by molar-refractivity contribution is -0.144. The number of H-pyrrole nitrogens is 1. The van der Waals surface area contributed by atoms with E-state index in [4.69, 9.17) is 9.84 Å². The van der Waals surface area contributed by atoms with E-state index in [1.165, 1.54) is 6.92 Å². The summed E-state index contributed by atoms with van der Waals surface area (Å²) in [4.78, 5) is 33.9. The lowest BCUT2D eigenvalue weighted by Gasteiger charge is -2.23. The van der Waals surface area contributed by atoms with E-state index >= 15 is 0 Å². The average Bonchev–Trinajstić information content (AvgIpc) is 3.28. The summed E-state index contributed by atoms with van der Waals surface area (Å²) in [5.74, 6) is -1.80. The highest BCUT2D eigenvalue weighted by Gasteiger charge is 2.21. The molecule has 4 aromatic rings. The van der Waals surface area contributed by atoms with Gasteiger partial charge in [-0.25, -0.2) is 4.98 Å². The van der Waals surface area contributed by atoms with Gasteiger partial charge in [-0.05, 0) is 55.5 Å². The van der Waals surface area contributed by atoms with Crippen molar-refractivity contribution < 1.29 is 19.4 Å². The molecule has 3 N–H and O–H groups in total. The first-order valence-electron chi connectivity index (χ1n) is 9.70. The van der Waals surface area contributed by atoms with Gasteiger partial charge < -0.3 is 15.2 Å². The maximum Gasteiger partial charge on any atom is 0.315 e. The Bertz CT molecular complexity index is 1250. The summed E-state index contributed by atoms with van der Waals surface area (Å²) >= 11 is 0. The molecule has 0 radical (unpaired) electrons. The van der Waals surface area contributed by atoms with E-state index in [0.29, 0.717) is 23.0 Å². The largest absolute Gasteiger partial charge is 0.497 e. The number of carbonyl (C=O) groups excluding carboxylic acids is 1. The quantitative estimate of drug-likeness (QED) is 0.378. The van der Waals surface area contributed by atoms with Gasteiger partial charge in [-0.15, -0.1) is 0 Å². The van der Waals surface area contributed by atoms with E-state index in [9.17, 15) is 9.59 Å². The Balaban J connectivity index is 1.69. The maximum absolute atomic E-state index is 12.0. The van der Waals surface area contributed by atoms with Gasteiger partial charge in [0.2, 0.25) is 11.9 Å². The second-order valence-corrected chi connectivity index (χ2v) is 6.97. The second kappa shape index (κ2) is 8.72. The monoisotopic (exact) mass is 432 g/mol. The van der Waals surface area contributed by atoms with Crippen molar-refractivity contribution in [3.8, 4) is 5.75 Å². The van der Waals surface area contributed by atoms with Crippen molar-refractivity contribution in [2.45, 2.75) is 6.92 Å². The molecule has 0 bridgehead atoms. The molecule has 2 aromatic carbocycles. The molecule has 0 aliphatic rings. The van der Waals surface area contributed by atoms with E-state index in [2.05, 4.69) is 25.5 Å². The highest BCUT2D eigenvalue weighted by molar-refractivity contribution is 6.03. The van der Waals surface area contributed by atoms with E-state index in [0.717, 1.165) is 16.8 Å². The first kappa shape index (κ1) is 20.8. The molecule has 0 saturated carbocycles. The Morgan fingerprint density at radius 2 is 1.72 bits per heavy atom. The third-order valence-corrected chi connectivity index (χ3v) is 4.87. The van der Waals surface area contributed by atoms with Crippen molar-refractivity contribution in [1.29, 1.82) is 0 Å². The lowest BCUT2D eigenvalue weighted by atomic mass is 10.1. The number of rotatable bonds is 7. The van der Waals surface area contributed by atoms with Crippen molar-refractivity contribution in [2.75, 3.05) is 17.3 Å². The number of carbonyl (C=O) groups is 2. The van der Waals surface area contributed by atoms with Crippen LogP contribution in [0.15, 0.2) is 60.9 Å². The third-order valence-electron chi connectivity index (χ3n) is 4.87. The van der Waals surface area contributed by atoms with Crippen molar-refractivity contribution >= 4 is 45.9 Å². The van der Waals surface area contributed by atoms with Crippen LogP contribution in [0.25, 0.3) is 11.0 Å². The highest BCUT2D eigenvalue weighted by Crippen LogP contribution is 2.34. The predicted octanol–water partition coefficient (Wildman–Crippen LogP) is 3.49. The van der Waals surface area contributed by atoms with Gasteiger partial charge in [-0.1, -0.05) is 0 Å². The number of hydrogen-bond acceptors (Lipinski definition) is 7. The number of aromatic nitrogens is 4. The zero-order valence-corrected chi connectivity index (χ0v) is 17.3. The number of aliphatic carboxylic acids is 1. The number of carboxylic acid groups (broad SMARTS) is 1. The van der Waals surface area contributed by atoms with Crippen LogP contribution in [0.2, 0.25) is 0 Å². The molecular weight excluding hydrogens is 412 g/mol. The molecule has 4 rings (SSSR count). The third kappa shape index (κ3) is 4.19. The summed E-state index contributed by atoms with van der Waals surface area (Å²) in [6.07, 6.45) is 3.33. The minimum absolute atomic E-state index is 0.420.